The topological polar surface area (TPSA) is 26.3 Å². The lowest BCUT2D eigenvalue weighted by atomic mass is 10.1. The lowest BCUT2D eigenvalue weighted by Crippen LogP contribution is -2.01. The van der Waals surface area contributed by atoms with Crippen LogP contribution < -0.4 is 0 Å². The summed E-state index contributed by atoms with van der Waals surface area (Å²) in [5.74, 6) is -0.188. The maximum Gasteiger partial charge on any atom is 0.310 e. The van der Waals surface area contributed by atoms with E-state index in [0.717, 1.165) is 12.8 Å². The monoisotopic (exact) mass is 222 g/mol. The molecule has 2 nitrogen and oxygen atoms in total. The minimum Gasteiger partial charge on any atom is -0.466 e. The van der Waals surface area contributed by atoms with Crippen LogP contribution in [0.15, 0.2) is 29.0 Å². The quantitative estimate of drug-likeness (QED) is 0.388. The smallest absolute Gasteiger partial charge is 0.310 e. The van der Waals surface area contributed by atoms with Gasteiger partial charge in [-0.25, -0.2) is 0 Å². The van der Waals surface area contributed by atoms with Gasteiger partial charge >= 0.3 is 5.97 Å². The van der Waals surface area contributed by atoms with Crippen molar-refractivity contribution < 1.29 is 9.53 Å². The van der Waals surface area contributed by atoms with Crippen molar-refractivity contribution in [1.29, 1.82) is 0 Å². The highest BCUT2D eigenvalue weighted by molar-refractivity contribution is 5.71. The lowest BCUT2D eigenvalue weighted by Gasteiger charge is -1.96. The van der Waals surface area contributed by atoms with E-state index in [1.54, 1.807) is 6.08 Å². The van der Waals surface area contributed by atoms with E-state index in [1.165, 1.54) is 11.1 Å². The van der Waals surface area contributed by atoms with Gasteiger partial charge in [-0.3, -0.25) is 4.79 Å². The molecule has 0 radical (unpaired) electrons. The van der Waals surface area contributed by atoms with Crippen LogP contribution in [0, 0.1) is 0 Å². The summed E-state index contributed by atoms with van der Waals surface area (Å²) in [5, 5.41) is 0. The van der Waals surface area contributed by atoms with Crippen LogP contribution in [-0.2, 0) is 9.53 Å². The molecule has 0 aromatic carbocycles. The van der Waals surface area contributed by atoms with E-state index in [1.807, 2.05) is 13.8 Å². The molecule has 0 aromatic heterocycles. The van der Waals surface area contributed by atoms with Gasteiger partial charge in [0.05, 0.1) is 13.0 Å². The number of allylic oxidation sites excluding steroid dienone is 2. The molecule has 0 N–H and O–H groups in total. The summed E-state index contributed by atoms with van der Waals surface area (Å²) >= 11 is 0. The van der Waals surface area contributed by atoms with Gasteiger partial charge in [-0.1, -0.05) is 11.6 Å². The molecule has 0 aliphatic rings. The predicted octanol–water partition coefficient (Wildman–Crippen LogP) is 3.79. The zero-order valence-electron chi connectivity index (χ0n) is 10.8. The van der Waals surface area contributed by atoms with Crippen LogP contribution in [0.1, 0.15) is 47.0 Å². The highest BCUT2D eigenvalue weighted by atomic mass is 16.5. The first-order valence-corrected chi connectivity index (χ1v) is 5.75. The van der Waals surface area contributed by atoms with Gasteiger partial charge in [-0.2, -0.15) is 0 Å². The number of carbonyl (C=O) groups is 1. The van der Waals surface area contributed by atoms with Crippen molar-refractivity contribution in [2.45, 2.75) is 47.0 Å². The van der Waals surface area contributed by atoms with Crippen molar-refractivity contribution >= 4 is 5.97 Å². The molecule has 0 amide bonds. The first-order chi connectivity index (χ1) is 7.56. The third-order valence-corrected chi connectivity index (χ3v) is 1.99. The van der Waals surface area contributed by atoms with E-state index in [-0.39, 0.29) is 5.97 Å². The van der Waals surface area contributed by atoms with Gasteiger partial charge in [0.1, 0.15) is 0 Å². The summed E-state index contributed by atoms with van der Waals surface area (Å²) in [7, 11) is 0. The highest BCUT2D eigenvalue weighted by Gasteiger charge is 1.95. The van der Waals surface area contributed by atoms with Gasteiger partial charge in [-0.05, 0) is 52.2 Å². The molecule has 2 heteroatoms. The van der Waals surface area contributed by atoms with Gasteiger partial charge in [0.25, 0.3) is 0 Å². The molecule has 0 saturated carbocycles. The summed E-state index contributed by atoms with van der Waals surface area (Å²) in [6, 6.07) is 0. The number of hydrogen-bond donors (Lipinski definition) is 0. The average Bonchev–Trinajstić information content (AvgIpc) is 2.17. The van der Waals surface area contributed by atoms with E-state index in [9.17, 15) is 4.79 Å². The average molecular weight is 222 g/mol. The van der Waals surface area contributed by atoms with Crippen molar-refractivity contribution in [3.05, 3.63) is 29.0 Å². The zero-order chi connectivity index (χ0) is 12.4. The van der Waals surface area contributed by atoms with Gasteiger partial charge in [0, 0.05) is 0 Å². The normalized spacial score (nSPS) is 9.00. The van der Waals surface area contributed by atoms with Crippen molar-refractivity contribution in [3.63, 3.8) is 0 Å². The first-order valence-electron chi connectivity index (χ1n) is 5.75. The third kappa shape index (κ3) is 9.29. The van der Waals surface area contributed by atoms with Gasteiger partial charge in [0.2, 0.25) is 0 Å². The lowest BCUT2D eigenvalue weighted by molar-refractivity contribution is -0.142. The first kappa shape index (κ1) is 14.7. The molecule has 0 saturated heterocycles. The number of esters is 1. The Kier molecular flexibility index (Phi) is 8.28. The Morgan fingerprint density at radius 3 is 2.56 bits per heavy atom. The standard InChI is InChI=1S/C14H22O2/c1-5-16-14(15)11-7-10-13(4)9-6-8-12(2)3/h7-8H,5-6,9,11H2,1-4H3. The minimum absolute atomic E-state index is 0.188. The number of hydrogen-bond acceptors (Lipinski definition) is 2. The fourth-order valence-corrected chi connectivity index (χ4v) is 1.18. The van der Waals surface area contributed by atoms with Gasteiger partial charge < -0.3 is 4.74 Å². The summed E-state index contributed by atoms with van der Waals surface area (Å²) in [6.07, 6.45) is 6.29. The SMILES string of the molecule is CCOC(=O)CC=C=C(C)CCC=C(C)C. The Balaban J connectivity index is 3.97. The Morgan fingerprint density at radius 2 is 2.00 bits per heavy atom. The maximum absolute atomic E-state index is 11.0. The maximum atomic E-state index is 11.0. The molecule has 0 rings (SSSR count). The minimum atomic E-state index is -0.188. The molecular weight excluding hydrogens is 200 g/mol. The molecule has 0 aliphatic carbocycles. The molecule has 0 spiro atoms. The summed E-state index contributed by atoms with van der Waals surface area (Å²) in [4.78, 5) is 11.0. The second-order valence-corrected chi connectivity index (χ2v) is 3.96. The van der Waals surface area contributed by atoms with Crippen LogP contribution in [0.4, 0.5) is 0 Å². The molecule has 0 unspecified atom stereocenters. The molecule has 0 aliphatic heterocycles. The van der Waals surface area contributed by atoms with E-state index in [2.05, 4.69) is 25.7 Å². The van der Waals surface area contributed by atoms with Crippen molar-refractivity contribution in [3.8, 4) is 0 Å². The van der Waals surface area contributed by atoms with Gasteiger partial charge in [-0.15, -0.1) is 5.73 Å². The van der Waals surface area contributed by atoms with Crippen molar-refractivity contribution in [2.24, 2.45) is 0 Å². The Hall–Kier alpha value is -1.27. The largest absolute Gasteiger partial charge is 0.466 e. The summed E-state index contributed by atoms with van der Waals surface area (Å²) < 4.78 is 4.81. The Morgan fingerprint density at radius 1 is 1.31 bits per heavy atom. The van der Waals surface area contributed by atoms with Crippen LogP contribution in [-0.4, -0.2) is 12.6 Å². The van der Waals surface area contributed by atoms with E-state index < -0.39 is 0 Å². The van der Waals surface area contributed by atoms with E-state index >= 15 is 0 Å². The predicted molar refractivity (Wildman–Crippen MR) is 67.2 cm³/mol. The van der Waals surface area contributed by atoms with Crippen LogP contribution in [0.5, 0.6) is 0 Å². The van der Waals surface area contributed by atoms with Gasteiger partial charge in [0.15, 0.2) is 0 Å². The number of carbonyl (C=O) groups excluding carboxylic acids is 1. The second kappa shape index (κ2) is 8.99. The Labute approximate surface area is 98.7 Å². The van der Waals surface area contributed by atoms with Crippen LogP contribution in [0.25, 0.3) is 0 Å². The van der Waals surface area contributed by atoms with Crippen molar-refractivity contribution in [2.75, 3.05) is 6.61 Å². The fraction of sp³-hybridized carbons (Fsp3) is 0.571. The molecule has 0 bridgehead atoms. The zero-order valence-corrected chi connectivity index (χ0v) is 10.8. The van der Waals surface area contributed by atoms with E-state index in [0.29, 0.717) is 13.0 Å². The van der Waals surface area contributed by atoms with Crippen molar-refractivity contribution in [1.82, 2.24) is 0 Å². The fourth-order valence-electron chi connectivity index (χ4n) is 1.18. The molecule has 0 heterocycles. The summed E-state index contributed by atoms with van der Waals surface area (Å²) in [5.41, 5.74) is 5.61. The molecule has 0 atom stereocenters. The van der Waals surface area contributed by atoms with Crippen LogP contribution in [0.2, 0.25) is 0 Å². The molecule has 0 aromatic rings. The molecule has 90 valence electrons. The van der Waals surface area contributed by atoms with Crippen LogP contribution in [0.3, 0.4) is 0 Å². The number of ether oxygens (including phenoxy) is 1. The summed E-state index contributed by atoms with van der Waals surface area (Å²) in [6.45, 7) is 8.46. The molecular formula is C14H22O2. The molecule has 16 heavy (non-hydrogen) atoms. The van der Waals surface area contributed by atoms with Crippen LogP contribution >= 0.6 is 0 Å². The number of rotatable bonds is 6. The molecule has 0 fully saturated rings. The Bertz CT molecular complexity index is 301. The highest BCUT2D eigenvalue weighted by Crippen LogP contribution is 2.05. The second-order valence-electron chi connectivity index (χ2n) is 3.96. The van der Waals surface area contributed by atoms with E-state index in [4.69, 9.17) is 4.74 Å². The third-order valence-electron chi connectivity index (χ3n) is 1.99.